The third kappa shape index (κ3) is 3.12. The fourth-order valence-corrected chi connectivity index (χ4v) is 3.28. The summed E-state index contributed by atoms with van der Waals surface area (Å²) < 4.78 is 14.5. The van der Waals surface area contributed by atoms with Crippen LogP contribution in [0.15, 0.2) is 41.3 Å². The molecule has 1 aliphatic heterocycles. The number of hydrogen-bond donors (Lipinski definition) is 1. The minimum absolute atomic E-state index is 0.217. The van der Waals surface area contributed by atoms with Crippen LogP contribution >= 0.6 is 0 Å². The fraction of sp³-hybridized carbons (Fsp3) is 0.316. The van der Waals surface area contributed by atoms with Crippen molar-refractivity contribution in [1.29, 1.82) is 0 Å². The average molecular weight is 353 g/mol. The van der Waals surface area contributed by atoms with Crippen LogP contribution in [-0.4, -0.2) is 32.8 Å². The molecule has 134 valence electrons. The van der Waals surface area contributed by atoms with Crippen molar-refractivity contribution in [2.24, 2.45) is 0 Å². The number of H-pyrrole nitrogens is 1. The van der Waals surface area contributed by atoms with Gasteiger partial charge in [0.05, 0.1) is 17.1 Å². The second-order valence-electron chi connectivity index (χ2n) is 6.54. The zero-order valence-corrected chi connectivity index (χ0v) is 14.6. The van der Waals surface area contributed by atoms with Gasteiger partial charge in [-0.05, 0) is 50.5 Å². The molecule has 26 heavy (non-hydrogen) atoms. The van der Waals surface area contributed by atoms with Crippen LogP contribution in [0.1, 0.15) is 25.0 Å². The predicted octanol–water partition coefficient (Wildman–Crippen LogP) is 3.06. The third-order valence-electron chi connectivity index (χ3n) is 4.70. The van der Waals surface area contributed by atoms with Gasteiger partial charge in [0.25, 0.3) is 5.56 Å². The summed E-state index contributed by atoms with van der Waals surface area (Å²) in [6.07, 6.45) is 5.34. The van der Waals surface area contributed by atoms with Gasteiger partial charge >= 0.3 is 0 Å². The number of nitrogens with zero attached hydrogens (tertiary/aromatic N) is 4. The second kappa shape index (κ2) is 6.74. The Kier molecular flexibility index (Phi) is 4.28. The van der Waals surface area contributed by atoms with E-state index in [1.165, 1.54) is 29.3 Å². The number of halogens is 1. The van der Waals surface area contributed by atoms with Gasteiger partial charge in [-0.2, -0.15) is 0 Å². The summed E-state index contributed by atoms with van der Waals surface area (Å²) >= 11 is 0. The first-order valence-corrected chi connectivity index (χ1v) is 8.79. The van der Waals surface area contributed by atoms with E-state index in [1.807, 2.05) is 6.92 Å². The molecule has 0 atom stereocenters. The van der Waals surface area contributed by atoms with E-state index >= 15 is 0 Å². The SMILES string of the molecule is Cc1nc(N2CCCCC2)ncc1-c1cc(=O)n(-c2ccc(F)cc2)[nH]1. The lowest BCUT2D eigenvalue weighted by Crippen LogP contribution is -2.31. The minimum Gasteiger partial charge on any atom is -0.341 e. The summed E-state index contributed by atoms with van der Waals surface area (Å²) in [7, 11) is 0. The van der Waals surface area contributed by atoms with Gasteiger partial charge in [-0.25, -0.2) is 19.0 Å². The number of nitrogens with one attached hydrogen (secondary N) is 1. The van der Waals surface area contributed by atoms with Crippen LogP contribution in [0.5, 0.6) is 0 Å². The van der Waals surface area contributed by atoms with Gasteiger partial charge in [0, 0.05) is 30.9 Å². The highest BCUT2D eigenvalue weighted by molar-refractivity contribution is 5.61. The number of hydrogen-bond acceptors (Lipinski definition) is 4. The van der Waals surface area contributed by atoms with Crippen LogP contribution in [0.4, 0.5) is 10.3 Å². The van der Waals surface area contributed by atoms with Crippen LogP contribution in [0, 0.1) is 12.7 Å². The second-order valence-corrected chi connectivity index (χ2v) is 6.54. The Morgan fingerprint density at radius 2 is 1.85 bits per heavy atom. The number of anilines is 1. The molecule has 7 heteroatoms. The standard InChI is InChI=1S/C19H20FN5O/c1-13-16(12-21-19(22-13)24-9-3-2-4-10-24)17-11-18(26)25(23-17)15-7-5-14(20)6-8-15/h5-8,11-12,23H,2-4,9-10H2,1H3. The molecule has 1 saturated heterocycles. The Morgan fingerprint density at radius 3 is 2.54 bits per heavy atom. The van der Waals surface area contributed by atoms with E-state index in [1.54, 1.807) is 18.3 Å². The normalized spacial score (nSPS) is 14.6. The number of aryl methyl sites for hydroxylation is 1. The summed E-state index contributed by atoms with van der Waals surface area (Å²) in [5.41, 5.74) is 2.59. The fourth-order valence-electron chi connectivity index (χ4n) is 3.28. The molecular formula is C19H20FN5O. The Bertz CT molecular complexity index is 970. The van der Waals surface area contributed by atoms with E-state index in [0.29, 0.717) is 11.4 Å². The van der Waals surface area contributed by atoms with Crippen LogP contribution in [-0.2, 0) is 0 Å². The van der Waals surface area contributed by atoms with Crippen molar-refractivity contribution in [3.63, 3.8) is 0 Å². The molecule has 1 N–H and O–H groups in total. The van der Waals surface area contributed by atoms with Gasteiger partial charge in [-0.1, -0.05) is 0 Å². The van der Waals surface area contributed by atoms with Gasteiger partial charge in [-0.15, -0.1) is 0 Å². The molecule has 1 aromatic carbocycles. The van der Waals surface area contributed by atoms with Crippen LogP contribution < -0.4 is 10.5 Å². The van der Waals surface area contributed by atoms with E-state index in [-0.39, 0.29) is 11.4 Å². The molecule has 0 unspecified atom stereocenters. The minimum atomic E-state index is -0.342. The lowest BCUT2D eigenvalue weighted by Gasteiger charge is -2.26. The van der Waals surface area contributed by atoms with E-state index in [9.17, 15) is 9.18 Å². The number of rotatable bonds is 3. The van der Waals surface area contributed by atoms with Crippen molar-refractivity contribution in [3.8, 4) is 16.9 Å². The lowest BCUT2D eigenvalue weighted by molar-refractivity contribution is 0.568. The van der Waals surface area contributed by atoms with Crippen molar-refractivity contribution in [1.82, 2.24) is 19.7 Å². The number of benzene rings is 1. The highest BCUT2D eigenvalue weighted by atomic mass is 19.1. The van der Waals surface area contributed by atoms with E-state index in [4.69, 9.17) is 0 Å². The summed E-state index contributed by atoms with van der Waals surface area (Å²) in [5, 5.41) is 3.06. The quantitative estimate of drug-likeness (QED) is 0.786. The number of aromatic nitrogens is 4. The molecule has 0 radical (unpaired) electrons. The molecule has 0 saturated carbocycles. The molecule has 4 rings (SSSR count). The average Bonchev–Trinajstić information content (AvgIpc) is 3.04. The topological polar surface area (TPSA) is 66.8 Å². The van der Waals surface area contributed by atoms with Gasteiger partial charge < -0.3 is 4.90 Å². The largest absolute Gasteiger partial charge is 0.341 e. The Balaban J connectivity index is 1.66. The molecule has 0 aliphatic carbocycles. The third-order valence-corrected chi connectivity index (χ3v) is 4.70. The summed E-state index contributed by atoms with van der Waals surface area (Å²) in [5.74, 6) is 0.400. The Morgan fingerprint density at radius 1 is 1.12 bits per heavy atom. The molecular weight excluding hydrogens is 333 g/mol. The molecule has 3 heterocycles. The first-order chi connectivity index (χ1) is 12.6. The van der Waals surface area contributed by atoms with Crippen LogP contribution in [0.3, 0.4) is 0 Å². The molecule has 6 nitrogen and oxygen atoms in total. The number of piperidine rings is 1. The molecule has 1 fully saturated rings. The number of aromatic amines is 1. The van der Waals surface area contributed by atoms with E-state index in [0.717, 1.165) is 43.1 Å². The maximum atomic E-state index is 13.1. The highest BCUT2D eigenvalue weighted by Gasteiger charge is 2.16. The predicted molar refractivity (Wildman–Crippen MR) is 98.2 cm³/mol. The summed E-state index contributed by atoms with van der Waals surface area (Å²) in [6.45, 7) is 3.88. The molecule has 0 spiro atoms. The van der Waals surface area contributed by atoms with Crippen molar-refractivity contribution in [2.75, 3.05) is 18.0 Å². The van der Waals surface area contributed by atoms with E-state index in [2.05, 4.69) is 20.0 Å². The summed E-state index contributed by atoms with van der Waals surface area (Å²) in [6, 6.07) is 7.27. The van der Waals surface area contributed by atoms with Crippen LogP contribution in [0.2, 0.25) is 0 Å². The summed E-state index contributed by atoms with van der Waals surface area (Å²) in [4.78, 5) is 23.6. The molecule has 1 aliphatic rings. The monoisotopic (exact) mass is 353 g/mol. The van der Waals surface area contributed by atoms with Crippen molar-refractivity contribution in [3.05, 3.63) is 58.4 Å². The van der Waals surface area contributed by atoms with Crippen LogP contribution in [0.25, 0.3) is 16.9 Å². The first-order valence-electron chi connectivity index (χ1n) is 8.79. The zero-order chi connectivity index (χ0) is 18.1. The van der Waals surface area contributed by atoms with Crippen molar-refractivity contribution in [2.45, 2.75) is 26.2 Å². The smallest absolute Gasteiger partial charge is 0.271 e. The lowest BCUT2D eigenvalue weighted by atomic mass is 10.1. The van der Waals surface area contributed by atoms with Crippen molar-refractivity contribution < 1.29 is 4.39 Å². The Labute approximate surface area is 150 Å². The maximum absolute atomic E-state index is 13.1. The van der Waals surface area contributed by atoms with Gasteiger partial charge in [0.15, 0.2) is 0 Å². The first kappa shape index (κ1) is 16.5. The van der Waals surface area contributed by atoms with E-state index < -0.39 is 0 Å². The Hall–Kier alpha value is -2.96. The molecule has 0 bridgehead atoms. The zero-order valence-electron chi connectivity index (χ0n) is 14.6. The highest BCUT2D eigenvalue weighted by Crippen LogP contribution is 2.22. The van der Waals surface area contributed by atoms with Crippen molar-refractivity contribution >= 4 is 5.95 Å². The molecule has 3 aromatic rings. The molecule has 0 amide bonds. The molecule has 2 aromatic heterocycles. The van der Waals surface area contributed by atoms with Gasteiger partial charge in [0.2, 0.25) is 5.95 Å². The maximum Gasteiger partial charge on any atom is 0.271 e. The van der Waals surface area contributed by atoms with Gasteiger partial charge in [-0.3, -0.25) is 9.89 Å². The van der Waals surface area contributed by atoms with Gasteiger partial charge in [0.1, 0.15) is 5.82 Å².